The molecule has 0 spiro atoms. The summed E-state index contributed by atoms with van der Waals surface area (Å²) >= 11 is 0. The summed E-state index contributed by atoms with van der Waals surface area (Å²) in [7, 11) is 0. The van der Waals surface area contributed by atoms with Gasteiger partial charge in [-0.15, -0.1) is 0 Å². The van der Waals surface area contributed by atoms with Crippen LogP contribution in [0.1, 0.15) is 27.4 Å². The van der Waals surface area contributed by atoms with E-state index in [9.17, 15) is 4.79 Å². The van der Waals surface area contributed by atoms with Gasteiger partial charge in [0.05, 0.1) is 0 Å². The lowest BCUT2D eigenvalue weighted by Gasteiger charge is -2.07. The molecule has 4 heteroatoms. The standard InChI is InChI=1S/C26H23NO3/c1-18-8-13-23(16-19(18)2)29-17-24-14-15-25(30-24)26(28)27-22-11-9-21(10-12-22)20-6-4-3-5-7-20/h3-16H,17H2,1-2H3,(H,27,28). The molecule has 0 atom stereocenters. The Morgan fingerprint density at radius 2 is 1.57 bits per heavy atom. The van der Waals surface area contributed by atoms with E-state index in [0.717, 1.165) is 16.9 Å². The average Bonchev–Trinajstić information content (AvgIpc) is 3.25. The first kappa shape index (κ1) is 19.5. The molecule has 0 radical (unpaired) electrons. The fourth-order valence-electron chi connectivity index (χ4n) is 3.10. The Balaban J connectivity index is 1.36. The van der Waals surface area contributed by atoms with Crippen molar-refractivity contribution in [2.75, 3.05) is 5.32 Å². The van der Waals surface area contributed by atoms with E-state index in [1.807, 2.05) is 67.6 Å². The van der Waals surface area contributed by atoms with Crippen molar-refractivity contribution in [1.29, 1.82) is 0 Å². The number of carbonyl (C=O) groups excluding carboxylic acids is 1. The van der Waals surface area contributed by atoms with E-state index >= 15 is 0 Å². The molecule has 150 valence electrons. The van der Waals surface area contributed by atoms with Gasteiger partial charge in [0.2, 0.25) is 0 Å². The fourth-order valence-corrected chi connectivity index (χ4v) is 3.10. The molecule has 0 saturated heterocycles. The van der Waals surface area contributed by atoms with Gasteiger partial charge in [0.15, 0.2) is 5.76 Å². The minimum absolute atomic E-state index is 0.251. The van der Waals surface area contributed by atoms with E-state index in [2.05, 4.69) is 24.4 Å². The van der Waals surface area contributed by atoms with Crippen molar-refractivity contribution in [1.82, 2.24) is 0 Å². The molecule has 0 unspecified atom stereocenters. The monoisotopic (exact) mass is 397 g/mol. The van der Waals surface area contributed by atoms with E-state index in [-0.39, 0.29) is 18.3 Å². The second-order valence-corrected chi connectivity index (χ2v) is 7.20. The maximum Gasteiger partial charge on any atom is 0.291 e. The number of hydrogen-bond donors (Lipinski definition) is 1. The molecule has 4 nitrogen and oxygen atoms in total. The molecular weight excluding hydrogens is 374 g/mol. The molecule has 1 heterocycles. The minimum atomic E-state index is -0.292. The summed E-state index contributed by atoms with van der Waals surface area (Å²) < 4.78 is 11.4. The van der Waals surface area contributed by atoms with E-state index in [1.54, 1.807) is 12.1 Å². The second kappa shape index (κ2) is 8.70. The summed E-state index contributed by atoms with van der Waals surface area (Å²) in [5.74, 6) is 1.33. The van der Waals surface area contributed by atoms with Crippen LogP contribution in [0.25, 0.3) is 11.1 Å². The average molecular weight is 397 g/mol. The van der Waals surface area contributed by atoms with Gasteiger partial charge in [-0.1, -0.05) is 48.5 Å². The highest BCUT2D eigenvalue weighted by Gasteiger charge is 2.12. The summed E-state index contributed by atoms with van der Waals surface area (Å²) in [5.41, 5.74) is 5.33. The number of nitrogens with one attached hydrogen (secondary N) is 1. The third-order valence-electron chi connectivity index (χ3n) is 4.99. The molecule has 3 aromatic carbocycles. The van der Waals surface area contributed by atoms with Gasteiger partial charge in [-0.3, -0.25) is 4.79 Å². The largest absolute Gasteiger partial charge is 0.486 e. The summed E-state index contributed by atoms with van der Waals surface area (Å²) in [6, 6.07) is 27.2. The van der Waals surface area contributed by atoms with Crippen LogP contribution in [0.15, 0.2) is 89.3 Å². The Morgan fingerprint density at radius 3 is 2.30 bits per heavy atom. The molecule has 0 aliphatic rings. The van der Waals surface area contributed by atoms with Crippen molar-refractivity contribution in [3.05, 3.63) is 108 Å². The van der Waals surface area contributed by atoms with Gasteiger partial charge < -0.3 is 14.5 Å². The Morgan fingerprint density at radius 1 is 0.833 bits per heavy atom. The number of furan rings is 1. The highest BCUT2D eigenvalue weighted by Crippen LogP contribution is 2.22. The summed E-state index contributed by atoms with van der Waals surface area (Å²) in [4.78, 5) is 12.5. The lowest BCUT2D eigenvalue weighted by molar-refractivity contribution is 0.0992. The van der Waals surface area contributed by atoms with E-state index < -0.39 is 0 Å². The fraction of sp³-hybridized carbons (Fsp3) is 0.115. The number of benzene rings is 3. The maximum atomic E-state index is 12.5. The van der Waals surface area contributed by atoms with Crippen LogP contribution in [0.5, 0.6) is 5.75 Å². The molecule has 1 aromatic heterocycles. The zero-order chi connectivity index (χ0) is 20.9. The van der Waals surface area contributed by atoms with Gasteiger partial charge in [-0.2, -0.15) is 0 Å². The van der Waals surface area contributed by atoms with Crippen molar-refractivity contribution < 1.29 is 13.9 Å². The summed E-state index contributed by atoms with van der Waals surface area (Å²) in [6.45, 7) is 4.37. The predicted octanol–water partition coefficient (Wildman–Crippen LogP) is 6.39. The maximum absolute atomic E-state index is 12.5. The second-order valence-electron chi connectivity index (χ2n) is 7.20. The molecule has 0 saturated carbocycles. The number of anilines is 1. The van der Waals surface area contributed by atoms with Gasteiger partial charge >= 0.3 is 0 Å². The van der Waals surface area contributed by atoms with Gasteiger partial charge in [-0.25, -0.2) is 0 Å². The van der Waals surface area contributed by atoms with Gasteiger partial charge in [0.1, 0.15) is 18.1 Å². The molecule has 1 amide bonds. The molecule has 4 rings (SSSR count). The van der Waals surface area contributed by atoms with Crippen LogP contribution < -0.4 is 10.1 Å². The quantitative estimate of drug-likeness (QED) is 0.410. The predicted molar refractivity (Wildman–Crippen MR) is 119 cm³/mol. The Labute approximate surface area is 176 Å². The number of aryl methyl sites for hydroxylation is 2. The lowest BCUT2D eigenvalue weighted by atomic mass is 10.1. The zero-order valence-electron chi connectivity index (χ0n) is 17.0. The van der Waals surface area contributed by atoms with Crippen LogP contribution in [0.2, 0.25) is 0 Å². The van der Waals surface area contributed by atoms with Crippen LogP contribution in [-0.2, 0) is 6.61 Å². The number of ether oxygens (including phenoxy) is 1. The van der Waals surface area contributed by atoms with Crippen molar-refractivity contribution >= 4 is 11.6 Å². The Bertz CT molecular complexity index is 1140. The first-order chi connectivity index (χ1) is 14.6. The Hall–Kier alpha value is -3.79. The summed E-state index contributed by atoms with van der Waals surface area (Å²) in [6.07, 6.45) is 0. The zero-order valence-corrected chi connectivity index (χ0v) is 17.0. The normalized spacial score (nSPS) is 10.6. The third kappa shape index (κ3) is 4.61. The number of hydrogen-bond acceptors (Lipinski definition) is 3. The van der Waals surface area contributed by atoms with Crippen LogP contribution in [0.3, 0.4) is 0 Å². The molecule has 30 heavy (non-hydrogen) atoms. The van der Waals surface area contributed by atoms with E-state index in [0.29, 0.717) is 11.4 Å². The first-order valence-electron chi connectivity index (χ1n) is 9.84. The molecule has 4 aromatic rings. The van der Waals surface area contributed by atoms with Crippen molar-refractivity contribution in [3.63, 3.8) is 0 Å². The summed E-state index contributed by atoms with van der Waals surface area (Å²) in [5, 5.41) is 2.86. The molecule has 0 aliphatic carbocycles. The van der Waals surface area contributed by atoms with Crippen LogP contribution >= 0.6 is 0 Å². The van der Waals surface area contributed by atoms with Crippen molar-refractivity contribution in [3.8, 4) is 16.9 Å². The molecule has 0 aliphatic heterocycles. The van der Waals surface area contributed by atoms with Gasteiger partial charge in [0, 0.05) is 5.69 Å². The van der Waals surface area contributed by atoms with Crippen LogP contribution in [0, 0.1) is 13.8 Å². The molecule has 0 bridgehead atoms. The topological polar surface area (TPSA) is 51.5 Å². The number of amides is 1. The molecular formula is C26H23NO3. The smallest absolute Gasteiger partial charge is 0.291 e. The molecule has 0 fully saturated rings. The van der Waals surface area contributed by atoms with Crippen LogP contribution in [-0.4, -0.2) is 5.91 Å². The number of carbonyl (C=O) groups is 1. The van der Waals surface area contributed by atoms with E-state index in [4.69, 9.17) is 9.15 Å². The van der Waals surface area contributed by atoms with Crippen LogP contribution in [0.4, 0.5) is 5.69 Å². The third-order valence-corrected chi connectivity index (χ3v) is 4.99. The highest BCUT2D eigenvalue weighted by atomic mass is 16.5. The molecule has 1 N–H and O–H groups in total. The highest BCUT2D eigenvalue weighted by molar-refractivity contribution is 6.02. The first-order valence-corrected chi connectivity index (χ1v) is 9.84. The minimum Gasteiger partial charge on any atom is -0.486 e. The van der Waals surface area contributed by atoms with E-state index in [1.165, 1.54) is 11.1 Å². The van der Waals surface area contributed by atoms with Gasteiger partial charge in [-0.05, 0) is 72.5 Å². The lowest BCUT2D eigenvalue weighted by Crippen LogP contribution is -2.10. The Kier molecular flexibility index (Phi) is 5.66. The van der Waals surface area contributed by atoms with Crippen molar-refractivity contribution in [2.24, 2.45) is 0 Å². The van der Waals surface area contributed by atoms with Crippen molar-refractivity contribution in [2.45, 2.75) is 20.5 Å². The van der Waals surface area contributed by atoms with Gasteiger partial charge in [0.25, 0.3) is 5.91 Å². The SMILES string of the molecule is Cc1ccc(OCc2ccc(C(=O)Nc3ccc(-c4ccccc4)cc3)o2)cc1C. The number of rotatable bonds is 6.